The van der Waals surface area contributed by atoms with Crippen LogP contribution in [0, 0.1) is 29.1 Å². The Hall–Kier alpha value is -0.510. The molecule has 0 aromatic heterocycles. The molecule has 1 heteroatoms. The highest BCUT2D eigenvalue weighted by atomic mass is 14.4. The van der Waals surface area contributed by atoms with Crippen molar-refractivity contribution in [3.8, 4) is 6.07 Å². The van der Waals surface area contributed by atoms with Crippen LogP contribution in [0.2, 0.25) is 0 Å². The summed E-state index contributed by atoms with van der Waals surface area (Å²) in [6, 6.07) is 2.21. The smallest absolute Gasteiger partial charge is 0.0624 e. The van der Waals surface area contributed by atoms with E-state index in [0.717, 1.165) is 24.2 Å². The Bertz CT molecular complexity index is 132. The molecule has 1 rings (SSSR count). The van der Waals surface area contributed by atoms with Crippen molar-refractivity contribution < 1.29 is 0 Å². The quantitative estimate of drug-likeness (QED) is 0.552. The maximum atomic E-state index is 8.33. The molecule has 0 aliphatic heterocycles. The number of nitrogens with zero attached hydrogens (tertiary/aromatic N) is 1. The van der Waals surface area contributed by atoms with Crippen LogP contribution in [-0.4, -0.2) is 0 Å². The van der Waals surface area contributed by atoms with Crippen LogP contribution in [0.25, 0.3) is 0 Å². The normalized spacial score (nSPS) is 32.2. The van der Waals surface area contributed by atoms with Crippen LogP contribution in [-0.2, 0) is 0 Å². The van der Waals surface area contributed by atoms with E-state index in [1.54, 1.807) is 0 Å². The van der Waals surface area contributed by atoms with E-state index in [0.29, 0.717) is 0 Å². The highest BCUT2D eigenvalue weighted by molar-refractivity contribution is 4.93. The van der Waals surface area contributed by atoms with Crippen LogP contribution in [0.15, 0.2) is 0 Å². The van der Waals surface area contributed by atoms with Crippen LogP contribution < -0.4 is 0 Å². The molecule has 50 valence electrons. The minimum atomic E-state index is 0.745. The molecule has 0 bridgehead atoms. The fourth-order valence-corrected chi connectivity index (χ4v) is 1.44. The minimum Gasteiger partial charge on any atom is -0.198 e. The lowest BCUT2D eigenvalue weighted by Gasteiger charge is -1.98. The first-order chi connectivity index (χ1) is 4.25. The molecule has 1 aliphatic carbocycles. The number of rotatable bonds is 2. The molecule has 2 atom stereocenters. The highest BCUT2D eigenvalue weighted by Crippen LogP contribution is 2.45. The van der Waals surface area contributed by atoms with Crippen molar-refractivity contribution in [2.75, 3.05) is 0 Å². The van der Waals surface area contributed by atoms with Gasteiger partial charge in [0.2, 0.25) is 0 Å². The Labute approximate surface area is 56.7 Å². The second-order valence-electron chi connectivity index (χ2n) is 3.27. The molecule has 1 aliphatic rings. The number of hydrogen-bond donors (Lipinski definition) is 0. The fourth-order valence-electron chi connectivity index (χ4n) is 1.44. The Morgan fingerprint density at radius 1 is 1.67 bits per heavy atom. The molecule has 0 aromatic rings. The van der Waals surface area contributed by atoms with Gasteiger partial charge in [-0.3, -0.25) is 0 Å². The zero-order valence-corrected chi connectivity index (χ0v) is 6.09. The topological polar surface area (TPSA) is 23.8 Å². The van der Waals surface area contributed by atoms with Crippen LogP contribution in [0.4, 0.5) is 0 Å². The van der Waals surface area contributed by atoms with E-state index in [4.69, 9.17) is 5.26 Å². The second-order valence-corrected chi connectivity index (χ2v) is 3.27. The molecule has 0 spiro atoms. The van der Waals surface area contributed by atoms with Gasteiger partial charge in [-0.25, -0.2) is 0 Å². The number of nitriles is 1. The highest BCUT2D eigenvalue weighted by Gasteiger charge is 2.38. The zero-order valence-electron chi connectivity index (χ0n) is 6.09. The first-order valence-electron chi connectivity index (χ1n) is 3.62. The van der Waals surface area contributed by atoms with E-state index >= 15 is 0 Å². The van der Waals surface area contributed by atoms with Crippen molar-refractivity contribution >= 4 is 0 Å². The molecule has 1 nitrogen and oxygen atoms in total. The van der Waals surface area contributed by atoms with Gasteiger partial charge < -0.3 is 0 Å². The summed E-state index contributed by atoms with van der Waals surface area (Å²) in [6.07, 6.45) is 2.08. The summed E-state index contributed by atoms with van der Waals surface area (Å²) in [4.78, 5) is 0. The van der Waals surface area contributed by atoms with E-state index in [9.17, 15) is 0 Å². The molecule has 0 N–H and O–H groups in total. The van der Waals surface area contributed by atoms with E-state index < -0.39 is 0 Å². The van der Waals surface area contributed by atoms with Gasteiger partial charge in [-0.2, -0.15) is 5.26 Å². The van der Waals surface area contributed by atoms with Crippen LogP contribution >= 0.6 is 0 Å². The summed E-state index contributed by atoms with van der Waals surface area (Å²) in [5, 5.41) is 8.33. The lowest BCUT2D eigenvalue weighted by atomic mass is 10.1. The largest absolute Gasteiger partial charge is 0.198 e. The molecule has 0 aromatic carbocycles. The van der Waals surface area contributed by atoms with Gasteiger partial charge in [0.1, 0.15) is 0 Å². The molecule has 0 radical (unpaired) electrons. The van der Waals surface area contributed by atoms with Crippen LogP contribution in [0.3, 0.4) is 0 Å². The summed E-state index contributed by atoms with van der Waals surface area (Å²) in [5.74, 6) is 2.41. The van der Waals surface area contributed by atoms with Crippen molar-refractivity contribution in [1.82, 2.24) is 0 Å². The zero-order chi connectivity index (χ0) is 6.85. The van der Waals surface area contributed by atoms with Crippen molar-refractivity contribution in [1.29, 1.82) is 5.26 Å². The van der Waals surface area contributed by atoms with E-state index in [1.807, 2.05) is 0 Å². The molecule has 0 heterocycles. The summed E-state index contributed by atoms with van der Waals surface area (Å²) in [7, 11) is 0. The van der Waals surface area contributed by atoms with Crippen LogP contribution in [0.5, 0.6) is 0 Å². The second kappa shape index (κ2) is 2.39. The van der Waals surface area contributed by atoms with Crippen molar-refractivity contribution in [2.24, 2.45) is 17.8 Å². The molecule has 0 saturated heterocycles. The third-order valence-corrected chi connectivity index (χ3v) is 2.19. The summed E-state index contributed by atoms with van der Waals surface area (Å²) in [5.41, 5.74) is 0. The van der Waals surface area contributed by atoms with Crippen LogP contribution in [0.1, 0.15) is 26.7 Å². The van der Waals surface area contributed by atoms with Gasteiger partial charge in [0.05, 0.1) is 6.07 Å². The van der Waals surface area contributed by atoms with E-state index in [2.05, 4.69) is 19.9 Å². The summed E-state index contributed by atoms with van der Waals surface area (Å²) >= 11 is 0. The van der Waals surface area contributed by atoms with Gasteiger partial charge in [-0.1, -0.05) is 13.8 Å². The average molecular weight is 123 g/mol. The molecule has 1 fully saturated rings. The van der Waals surface area contributed by atoms with Crippen molar-refractivity contribution in [3.63, 3.8) is 0 Å². The lowest BCUT2D eigenvalue weighted by molar-refractivity contribution is 0.520. The van der Waals surface area contributed by atoms with Gasteiger partial charge in [0.15, 0.2) is 0 Å². The SMILES string of the molecule is CC(C)C1CC1CC#N. The minimum absolute atomic E-state index is 0.745. The Balaban J connectivity index is 2.19. The molecule has 9 heavy (non-hydrogen) atoms. The van der Waals surface area contributed by atoms with Gasteiger partial charge >= 0.3 is 0 Å². The predicted octanol–water partition coefficient (Wildman–Crippen LogP) is 2.19. The molecular weight excluding hydrogens is 110 g/mol. The fraction of sp³-hybridized carbons (Fsp3) is 0.875. The molecule has 2 unspecified atom stereocenters. The average Bonchev–Trinajstić information content (AvgIpc) is 2.47. The van der Waals surface area contributed by atoms with Gasteiger partial charge in [0, 0.05) is 6.42 Å². The van der Waals surface area contributed by atoms with Gasteiger partial charge in [-0.05, 0) is 24.2 Å². The van der Waals surface area contributed by atoms with Gasteiger partial charge in [0.25, 0.3) is 0 Å². The maximum absolute atomic E-state index is 8.33. The first kappa shape index (κ1) is 6.61. The summed E-state index contributed by atoms with van der Waals surface area (Å²) < 4.78 is 0. The third-order valence-electron chi connectivity index (χ3n) is 2.19. The molecular formula is C8H13N. The van der Waals surface area contributed by atoms with E-state index in [-0.39, 0.29) is 0 Å². The Morgan fingerprint density at radius 3 is 2.67 bits per heavy atom. The molecule has 0 amide bonds. The third kappa shape index (κ3) is 1.45. The predicted molar refractivity (Wildman–Crippen MR) is 36.7 cm³/mol. The van der Waals surface area contributed by atoms with Crippen molar-refractivity contribution in [3.05, 3.63) is 0 Å². The Morgan fingerprint density at radius 2 is 2.33 bits per heavy atom. The molecule has 1 saturated carbocycles. The lowest BCUT2D eigenvalue weighted by Crippen LogP contribution is -1.91. The summed E-state index contributed by atoms with van der Waals surface area (Å²) in [6.45, 7) is 4.48. The first-order valence-corrected chi connectivity index (χ1v) is 3.62. The monoisotopic (exact) mass is 123 g/mol. The van der Waals surface area contributed by atoms with Crippen molar-refractivity contribution in [2.45, 2.75) is 26.7 Å². The standard InChI is InChI=1S/C8H13N/c1-6(2)8-5-7(8)3-4-9/h6-8H,3,5H2,1-2H3. The Kier molecular flexibility index (Phi) is 1.75. The number of hydrogen-bond acceptors (Lipinski definition) is 1. The van der Waals surface area contributed by atoms with E-state index in [1.165, 1.54) is 6.42 Å². The van der Waals surface area contributed by atoms with Gasteiger partial charge in [-0.15, -0.1) is 0 Å². The maximum Gasteiger partial charge on any atom is 0.0624 e.